The summed E-state index contributed by atoms with van der Waals surface area (Å²) in [6.07, 6.45) is 8.14. The van der Waals surface area contributed by atoms with Gasteiger partial charge in [-0.3, -0.25) is 4.79 Å². The van der Waals surface area contributed by atoms with Crippen LogP contribution in [-0.2, 0) is 9.59 Å². The fourth-order valence-electron chi connectivity index (χ4n) is 1.56. The van der Waals surface area contributed by atoms with E-state index >= 15 is 0 Å². The van der Waals surface area contributed by atoms with E-state index in [9.17, 15) is 9.59 Å². The minimum atomic E-state index is 0.140. The van der Waals surface area contributed by atoms with E-state index < -0.39 is 0 Å². The summed E-state index contributed by atoms with van der Waals surface area (Å²) in [7, 11) is 0. The fourth-order valence-corrected chi connectivity index (χ4v) is 1.56. The first-order valence-corrected chi connectivity index (χ1v) is 6.43. The molecule has 0 aliphatic heterocycles. The Kier molecular flexibility index (Phi) is 10.1. The number of ketones is 1. The van der Waals surface area contributed by atoms with E-state index in [1.165, 1.54) is 19.3 Å². The van der Waals surface area contributed by atoms with Gasteiger partial charge < -0.3 is 10.1 Å². The Balaban J connectivity index is 3.04. The van der Waals surface area contributed by atoms with E-state index in [4.69, 9.17) is 0 Å². The molecule has 0 rings (SSSR count). The second-order valence-corrected chi connectivity index (χ2v) is 4.28. The van der Waals surface area contributed by atoms with Crippen LogP contribution in [0.1, 0.15) is 65.2 Å². The zero-order chi connectivity index (χ0) is 12.2. The Hall–Kier alpha value is -0.860. The van der Waals surface area contributed by atoms with Gasteiger partial charge >= 0.3 is 0 Å². The molecule has 0 bridgehead atoms. The van der Waals surface area contributed by atoms with Crippen LogP contribution >= 0.6 is 0 Å². The summed E-state index contributed by atoms with van der Waals surface area (Å²) < 4.78 is 0. The molecule has 0 aromatic carbocycles. The molecule has 0 fully saturated rings. The van der Waals surface area contributed by atoms with Gasteiger partial charge in [-0.1, -0.05) is 32.6 Å². The van der Waals surface area contributed by atoms with Crippen molar-refractivity contribution < 1.29 is 9.59 Å². The Morgan fingerprint density at radius 3 is 2.06 bits per heavy atom. The lowest BCUT2D eigenvalue weighted by atomic mass is 10.1. The Morgan fingerprint density at radius 2 is 1.50 bits per heavy atom. The van der Waals surface area contributed by atoms with E-state index in [2.05, 4.69) is 5.32 Å². The first-order chi connectivity index (χ1) is 7.66. The molecule has 0 saturated heterocycles. The summed E-state index contributed by atoms with van der Waals surface area (Å²) in [5.74, 6) is 0.434. The minimum Gasteiger partial charge on any atom is -0.356 e. The summed E-state index contributed by atoms with van der Waals surface area (Å²) in [6.45, 7) is 4.32. The van der Waals surface area contributed by atoms with Gasteiger partial charge in [-0.2, -0.15) is 0 Å². The van der Waals surface area contributed by atoms with Crippen LogP contribution in [0.25, 0.3) is 0 Å². The maximum atomic E-state index is 10.9. The van der Waals surface area contributed by atoms with Crippen molar-refractivity contribution in [2.24, 2.45) is 0 Å². The van der Waals surface area contributed by atoms with Crippen molar-refractivity contribution in [1.82, 2.24) is 5.32 Å². The van der Waals surface area contributed by atoms with Gasteiger partial charge in [0.1, 0.15) is 5.78 Å². The largest absolute Gasteiger partial charge is 0.356 e. The van der Waals surface area contributed by atoms with E-state index in [-0.39, 0.29) is 5.91 Å². The highest BCUT2D eigenvalue weighted by Gasteiger charge is 1.96. The lowest BCUT2D eigenvalue weighted by Crippen LogP contribution is -2.23. The highest BCUT2D eigenvalue weighted by molar-refractivity contribution is 5.75. The molecule has 1 N–H and O–H groups in total. The van der Waals surface area contributed by atoms with Crippen LogP contribution in [-0.4, -0.2) is 18.2 Å². The third kappa shape index (κ3) is 11.2. The number of hydrogen-bond acceptors (Lipinski definition) is 2. The van der Waals surface area contributed by atoms with Gasteiger partial charge in [0, 0.05) is 19.4 Å². The van der Waals surface area contributed by atoms with E-state index in [0.29, 0.717) is 12.2 Å². The third-order valence-electron chi connectivity index (χ3n) is 2.60. The molecule has 0 atom stereocenters. The standard InChI is InChI=1S/C13H25NO2/c1-3-13(16)14-11-9-7-5-4-6-8-10-12(2)15/h3-11H2,1-2H3,(H,14,16). The molecule has 0 saturated carbocycles. The smallest absolute Gasteiger partial charge is 0.219 e. The molecule has 3 nitrogen and oxygen atoms in total. The maximum absolute atomic E-state index is 10.9. The van der Waals surface area contributed by atoms with Gasteiger partial charge in [-0.15, -0.1) is 0 Å². The molecule has 0 aliphatic carbocycles. The summed E-state index contributed by atoms with van der Waals surface area (Å²) in [5, 5.41) is 2.87. The maximum Gasteiger partial charge on any atom is 0.219 e. The van der Waals surface area contributed by atoms with Crippen molar-refractivity contribution in [2.45, 2.75) is 65.2 Å². The second-order valence-electron chi connectivity index (χ2n) is 4.28. The zero-order valence-corrected chi connectivity index (χ0v) is 10.7. The van der Waals surface area contributed by atoms with Crippen molar-refractivity contribution >= 4 is 11.7 Å². The predicted molar refractivity (Wildman–Crippen MR) is 66.3 cm³/mol. The number of carbonyl (C=O) groups is 2. The van der Waals surface area contributed by atoms with Crippen molar-refractivity contribution in [3.8, 4) is 0 Å². The lowest BCUT2D eigenvalue weighted by molar-refractivity contribution is -0.120. The van der Waals surface area contributed by atoms with Crippen LogP contribution in [0.4, 0.5) is 0 Å². The van der Waals surface area contributed by atoms with E-state index in [0.717, 1.165) is 32.2 Å². The first kappa shape index (κ1) is 15.1. The second kappa shape index (κ2) is 10.7. The zero-order valence-electron chi connectivity index (χ0n) is 10.7. The SMILES string of the molecule is CCC(=O)NCCCCCCCCC(C)=O. The Morgan fingerprint density at radius 1 is 0.938 bits per heavy atom. The van der Waals surface area contributed by atoms with E-state index in [1.54, 1.807) is 6.92 Å². The number of nitrogens with one attached hydrogen (secondary N) is 1. The average Bonchev–Trinajstić information content (AvgIpc) is 2.26. The van der Waals surface area contributed by atoms with Crippen LogP contribution in [0, 0.1) is 0 Å². The van der Waals surface area contributed by atoms with Gasteiger partial charge in [-0.25, -0.2) is 0 Å². The third-order valence-corrected chi connectivity index (χ3v) is 2.60. The number of amides is 1. The van der Waals surface area contributed by atoms with E-state index in [1.807, 2.05) is 6.92 Å². The van der Waals surface area contributed by atoms with Crippen LogP contribution in [0.2, 0.25) is 0 Å². The molecule has 1 amide bonds. The summed E-state index contributed by atoms with van der Waals surface area (Å²) in [6, 6.07) is 0. The molecule has 0 heterocycles. The summed E-state index contributed by atoms with van der Waals surface area (Å²) >= 11 is 0. The first-order valence-electron chi connectivity index (χ1n) is 6.43. The van der Waals surface area contributed by atoms with Crippen molar-refractivity contribution in [3.63, 3.8) is 0 Å². The molecule has 3 heteroatoms. The van der Waals surface area contributed by atoms with Gasteiger partial charge in [0.05, 0.1) is 0 Å². The Bertz CT molecular complexity index is 202. The van der Waals surface area contributed by atoms with Gasteiger partial charge in [0.25, 0.3) is 0 Å². The summed E-state index contributed by atoms with van der Waals surface area (Å²) in [4.78, 5) is 21.6. The highest BCUT2D eigenvalue weighted by Crippen LogP contribution is 2.06. The molecular weight excluding hydrogens is 202 g/mol. The van der Waals surface area contributed by atoms with Crippen molar-refractivity contribution in [3.05, 3.63) is 0 Å². The molecule has 0 aliphatic rings. The number of Topliss-reactive ketones (excluding diaryl/α,β-unsaturated/α-hetero) is 1. The molecule has 16 heavy (non-hydrogen) atoms. The average molecular weight is 227 g/mol. The number of rotatable bonds is 10. The normalized spacial score (nSPS) is 10.1. The van der Waals surface area contributed by atoms with Crippen LogP contribution in [0.3, 0.4) is 0 Å². The van der Waals surface area contributed by atoms with Gasteiger partial charge in [0.15, 0.2) is 0 Å². The number of unbranched alkanes of at least 4 members (excludes halogenated alkanes) is 5. The van der Waals surface area contributed by atoms with Gasteiger partial charge in [-0.05, 0) is 19.8 Å². The predicted octanol–water partition coefficient (Wildman–Crippen LogP) is 2.83. The quantitative estimate of drug-likeness (QED) is 0.583. The molecular formula is C13H25NO2. The number of hydrogen-bond donors (Lipinski definition) is 1. The molecule has 0 aromatic rings. The molecule has 0 radical (unpaired) electrons. The fraction of sp³-hybridized carbons (Fsp3) is 0.846. The number of carbonyl (C=O) groups excluding carboxylic acids is 2. The van der Waals surface area contributed by atoms with Crippen LogP contribution in [0.15, 0.2) is 0 Å². The monoisotopic (exact) mass is 227 g/mol. The topological polar surface area (TPSA) is 46.2 Å². The Labute approximate surface area is 99.0 Å². The molecule has 0 aromatic heterocycles. The van der Waals surface area contributed by atoms with Crippen LogP contribution in [0.5, 0.6) is 0 Å². The van der Waals surface area contributed by atoms with Crippen molar-refractivity contribution in [2.75, 3.05) is 6.54 Å². The highest BCUT2D eigenvalue weighted by atomic mass is 16.1. The van der Waals surface area contributed by atoms with Crippen molar-refractivity contribution in [1.29, 1.82) is 0 Å². The molecule has 0 spiro atoms. The van der Waals surface area contributed by atoms with Crippen LogP contribution < -0.4 is 5.32 Å². The minimum absolute atomic E-state index is 0.140. The molecule has 0 unspecified atom stereocenters. The summed E-state index contributed by atoms with van der Waals surface area (Å²) in [5.41, 5.74) is 0. The lowest BCUT2D eigenvalue weighted by Gasteiger charge is -2.03. The van der Waals surface area contributed by atoms with Gasteiger partial charge in [0.2, 0.25) is 5.91 Å². The molecule has 94 valence electrons.